The van der Waals surface area contributed by atoms with Gasteiger partial charge in [0.25, 0.3) is 0 Å². The zero-order chi connectivity index (χ0) is 19.1. The molecule has 0 amide bonds. The van der Waals surface area contributed by atoms with E-state index in [1.54, 1.807) is 26.5 Å². The van der Waals surface area contributed by atoms with E-state index in [9.17, 15) is 0 Å². The maximum atomic E-state index is 6.23. The molecule has 2 aromatic carbocycles. The summed E-state index contributed by atoms with van der Waals surface area (Å²) in [6, 6.07) is 11.3. The van der Waals surface area contributed by atoms with Crippen molar-refractivity contribution in [3.63, 3.8) is 0 Å². The molecule has 1 fully saturated rings. The fourth-order valence-electron chi connectivity index (χ4n) is 3.17. The number of rotatable bonds is 7. The van der Waals surface area contributed by atoms with Crippen molar-refractivity contribution < 1.29 is 14.2 Å². The van der Waals surface area contributed by atoms with Gasteiger partial charge in [-0.15, -0.1) is 0 Å². The van der Waals surface area contributed by atoms with Crippen molar-refractivity contribution in [2.75, 3.05) is 20.0 Å². The number of benzene rings is 2. The van der Waals surface area contributed by atoms with Crippen LogP contribution in [0.15, 0.2) is 47.5 Å². The van der Waals surface area contributed by atoms with Gasteiger partial charge in [0, 0.05) is 17.8 Å². The van der Waals surface area contributed by atoms with Crippen LogP contribution in [0, 0.1) is 0 Å². The minimum atomic E-state index is 0.265. The molecule has 2 N–H and O–H groups in total. The summed E-state index contributed by atoms with van der Waals surface area (Å²) in [6.45, 7) is 0. The summed E-state index contributed by atoms with van der Waals surface area (Å²) in [5.74, 6) is 2.26. The lowest BCUT2D eigenvalue weighted by molar-refractivity contribution is 0.200. The number of nitrogen functional groups attached to an aromatic ring is 1. The van der Waals surface area contributed by atoms with E-state index >= 15 is 0 Å². The molecule has 5 heteroatoms. The topological polar surface area (TPSA) is 66.1 Å². The average molecular weight is 366 g/mol. The Morgan fingerprint density at radius 2 is 1.89 bits per heavy atom. The van der Waals surface area contributed by atoms with Crippen LogP contribution in [0.5, 0.6) is 17.2 Å². The number of ether oxygens (including phenoxy) is 3. The van der Waals surface area contributed by atoms with Crippen molar-refractivity contribution in [3.05, 3.63) is 48.0 Å². The first-order valence-electron chi connectivity index (χ1n) is 9.19. The van der Waals surface area contributed by atoms with Crippen molar-refractivity contribution in [1.82, 2.24) is 0 Å². The van der Waals surface area contributed by atoms with E-state index in [0.717, 1.165) is 29.9 Å². The molecule has 3 rings (SSSR count). The molecule has 1 aliphatic rings. The first kappa shape index (κ1) is 18.8. The third-order valence-corrected chi connectivity index (χ3v) is 4.63. The molecule has 1 aliphatic carbocycles. The van der Waals surface area contributed by atoms with Crippen molar-refractivity contribution in [1.29, 1.82) is 0 Å². The smallest absolute Gasteiger partial charge is 0.168 e. The highest BCUT2D eigenvalue weighted by Crippen LogP contribution is 2.35. The van der Waals surface area contributed by atoms with E-state index in [-0.39, 0.29) is 6.10 Å². The maximum absolute atomic E-state index is 6.23. The van der Waals surface area contributed by atoms with Gasteiger partial charge in [0.1, 0.15) is 5.75 Å². The fourth-order valence-corrected chi connectivity index (χ4v) is 3.17. The highest BCUT2D eigenvalue weighted by atomic mass is 16.5. The molecule has 0 aromatic heterocycles. The molecular formula is C22H26N2O3. The van der Waals surface area contributed by atoms with Gasteiger partial charge in [-0.1, -0.05) is 12.1 Å². The van der Waals surface area contributed by atoms with Crippen LogP contribution in [-0.2, 0) is 0 Å². The van der Waals surface area contributed by atoms with Crippen LogP contribution < -0.4 is 19.9 Å². The number of para-hydroxylation sites is 1. The summed E-state index contributed by atoms with van der Waals surface area (Å²) in [4.78, 5) is 4.41. The van der Waals surface area contributed by atoms with E-state index in [4.69, 9.17) is 19.9 Å². The van der Waals surface area contributed by atoms with Gasteiger partial charge < -0.3 is 19.9 Å². The summed E-state index contributed by atoms with van der Waals surface area (Å²) in [7, 11) is 3.28. The molecule has 0 radical (unpaired) electrons. The van der Waals surface area contributed by atoms with Gasteiger partial charge in [-0.25, -0.2) is 0 Å². The Balaban J connectivity index is 1.76. The summed E-state index contributed by atoms with van der Waals surface area (Å²) in [6.07, 6.45) is 10.5. The number of aliphatic imine (C=N–C) groups is 1. The molecule has 2 aromatic rings. The Morgan fingerprint density at radius 1 is 1.07 bits per heavy atom. The molecule has 0 atom stereocenters. The predicted octanol–water partition coefficient (Wildman–Crippen LogP) is 5.02. The molecule has 0 unspecified atom stereocenters. The Hall–Kier alpha value is -2.95. The van der Waals surface area contributed by atoms with Crippen LogP contribution in [0.3, 0.4) is 0 Å². The molecular weight excluding hydrogens is 340 g/mol. The molecule has 0 heterocycles. The van der Waals surface area contributed by atoms with Crippen molar-refractivity contribution in [3.8, 4) is 17.2 Å². The van der Waals surface area contributed by atoms with Crippen LogP contribution in [0.2, 0.25) is 0 Å². The molecule has 1 saturated carbocycles. The summed E-state index contributed by atoms with van der Waals surface area (Å²) >= 11 is 0. The number of hydrogen-bond donors (Lipinski definition) is 1. The molecule has 142 valence electrons. The third-order valence-electron chi connectivity index (χ3n) is 4.63. The second kappa shape index (κ2) is 9.12. The van der Waals surface area contributed by atoms with Gasteiger partial charge >= 0.3 is 0 Å². The van der Waals surface area contributed by atoms with Crippen LogP contribution >= 0.6 is 0 Å². The normalized spacial score (nSPS) is 14.9. The molecule has 0 aliphatic heterocycles. The number of anilines is 1. The van der Waals surface area contributed by atoms with E-state index in [0.29, 0.717) is 17.1 Å². The van der Waals surface area contributed by atoms with E-state index in [1.165, 1.54) is 12.8 Å². The molecule has 27 heavy (non-hydrogen) atoms. The Labute approximate surface area is 160 Å². The lowest BCUT2D eigenvalue weighted by atomic mass is 10.1. The minimum absolute atomic E-state index is 0.265. The van der Waals surface area contributed by atoms with Crippen molar-refractivity contribution in [2.45, 2.75) is 31.8 Å². The van der Waals surface area contributed by atoms with Crippen LogP contribution in [0.25, 0.3) is 6.08 Å². The first-order valence-corrected chi connectivity index (χ1v) is 9.19. The molecule has 0 spiro atoms. The highest BCUT2D eigenvalue weighted by Gasteiger charge is 2.19. The number of nitrogens with two attached hydrogens (primary N) is 1. The van der Waals surface area contributed by atoms with Crippen molar-refractivity contribution in [2.24, 2.45) is 4.99 Å². The Bertz CT molecular complexity index is 824. The lowest BCUT2D eigenvalue weighted by Crippen LogP contribution is -2.12. The predicted molar refractivity (Wildman–Crippen MR) is 110 cm³/mol. The highest BCUT2D eigenvalue weighted by molar-refractivity contribution is 5.83. The van der Waals surface area contributed by atoms with Gasteiger partial charge in [0.15, 0.2) is 11.5 Å². The number of hydrogen-bond acceptors (Lipinski definition) is 5. The lowest BCUT2D eigenvalue weighted by Gasteiger charge is -2.17. The molecule has 0 bridgehead atoms. The van der Waals surface area contributed by atoms with E-state index in [1.807, 2.05) is 42.5 Å². The number of nitrogens with zero attached hydrogens (tertiary/aromatic N) is 1. The van der Waals surface area contributed by atoms with Gasteiger partial charge in [0.05, 0.1) is 31.7 Å². The molecule has 0 saturated heterocycles. The monoisotopic (exact) mass is 366 g/mol. The number of methoxy groups -OCH3 is 2. The summed E-state index contributed by atoms with van der Waals surface area (Å²) in [5.41, 5.74) is 8.23. The van der Waals surface area contributed by atoms with Gasteiger partial charge in [0.2, 0.25) is 0 Å². The zero-order valence-electron chi connectivity index (χ0n) is 15.9. The zero-order valence-corrected chi connectivity index (χ0v) is 15.9. The van der Waals surface area contributed by atoms with Crippen molar-refractivity contribution >= 4 is 23.7 Å². The standard InChI is InChI=1S/C22H26N2O3/c1-25-18-12-13-20(19(23)15-18)24-14-6-8-16-7-5-11-21(26-2)22(16)27-17-9-3-4-10-17/h5-8,11-15,17H,3-4,9-10,23H2,1-2H3. The quantitative estimate of drug-likeness (QED) is 0.552. The Morgan fingerprint density at radius 3 is 2.59 bits per heavy atom. The van der Waals surface area contributed by atoms with Crippen LogP contribution in [-0.4, -0.2) is 26.5 Å². The average Bonchev–Trinajstić information content (AvgIpc) is 3.20. The molecule has 5 nitrogen and oxygen atoms in total. The largest absolute Gasteiger partial charge is 0.497 e. The first-order chi connectivity index (χ1) is 13.2. The van der Waals surface area contributed by atoms with Gasteiger partial charge in [-0.05, 0) is 56.0 Å². The Kier molecular flexibility index (Phi) is 6.36. The number of allylic oxidation sites excluding steroid dienone is 1. The fraction of sp³-hybridized carbons (Fsp3) is 0.318. The van der Waals surface area contributed by atoms with Crippen LogP contribution in [0.4, 0.5) is 11.4 Å². The van der Waals surface area contributed by atoms with Gasteiger partial charge in [-0.3, -0.25) is 4.99 Å². The van der Waals surface area contributed by atoms with Crippen LogP contribution in [0.1, 0.15) is 31.2 Å². The second-order valence-electron chi connectivity index (χ2n) is 6.46. The minimum Gasteiger partial charge on any atom is -0.497 e. The summed E-state index contributed by atoms with van der Waals surface area (Å²) < 4.78 is 16.9. The summed E-state index contributed by atoms with van der Waals surface area (Å²) in [5, 5.41) is 0. The SMILES string of the molecule is COc1ccc(N=CC=Cc2cccc(OC)c2OC2CCCC2)c(N)c1. The van der Waals surface area contributed by atoms with E-state index in [2.05, 4.69) is 4.99 Å². The maximum Gasteiger partial charge on any atom is 0.168 e. The third kappa shape index (κ3) is 4.82. The second-order valence-corrected chi connectivity index (χ2v) is 6.46. The van der Waals surface area contributed by atoms with E-state index < -0.39 is 0 Å². The van der Waals surface area contributed by atoms with Gasteiger partial charge in [-0.2, -0.15) is 0 Å².